The van der Waals surface area contributed by atoms with E-state index in [1.54, 1.807) is 0 Å². The third-order valence-electron chi connectivity index (χ3n) is 1.63. The van der Waals surface area contributed by atoms with Crippen molar-refractivity contribution in [2.24, 2.45) is 0 Å². The largest absolute Gasteiger partial charge is 2.00 e. The van der Waals surface area contributed by atoms with Crippen LogP contribution in [-0.4, -0.2) is 48.9 Å². The van der Waals surface area contributed by atoms with Gasteiger partial charge in [-0.2, -0.15) is 25.7 Å². The molecule has 0 unspecified atom stereocenters. The Morgan fingerprint density at radius 3 is 1.33 bits per heavy atom. The van der Waals surface area contributed by atoms with Crippen LogP contribution < -0.4 is 0 Å². The van der Waals surface area contributed by atoms with Gasteiger partial charge in [0.15, 0.2) is 0 Å². The SMILES string of the molecule is [Ba+2].[CH-]1CCC[CH-]CCC1. The third kappa shape index (κ3) is 5.99. The number of rotatable bonds is 0. The standard InChI is InChI=1S/C8H14.Ba/c1-2-4-6-8-7-5-3-1;/h1,8H,2-7H2;/q-2;+2. The molecule has 0 radical (unpaired) electrons. The molecule has 0 N–H and O–H groups in total. The van der Waals surface area contributed by atoms with Crippen molar-refractivity contribution in [1.82, 2.24) is 0 Å². The van der Waals surface area contributed by atoms with Gasteiger partial charge in [-0.1, -0.05) is 0 Å². The third-order valence-corrected chi connectivity index (χ3v) is 1.63. The van der Waals surface area contributed by atoms with Gasteiger partial charge in [-0.25, -0.2) is 0 Å². The molecule has 1 aliphatic rings. The molecule has 0 nitrogen and oxygen atoms in total. The van der Waals surface area contributed by atoms with Crippen molar-refractivity contribution in [1.29, 1.82) is 0 Å². The van der Waals surface area contributed by atoms with Crippen molar-refractivity contribution in [3.8, 4) is 0 Å². The molecule has 0 atom stereocenters. The summed E-state index contributed by atoms with van der Waals surface area (Å²) in [7, 11) is 0. The molecule has 0 saturated heterocycles. The second-order valence-corrected chi connectivity index (χ2v) is 2.44. The zero-order chi connectivity index (χ0) is 5.66. The van der Waals surface area contributed by atoms with Crippen LogP contribution in [0, 0.1) is 12.8 Å². The van der Waals surface area contributed by atoms with Gasteiger partial charge in [-0.15, -0.1) is 12.8 Å². The summed E-state index contributed by atoms with van der Waals surface area (Å²) in [4.78, 5) is 0. The first-order chi connectivity index (χ1) is 4.00. The van der Waals surface area contributed by atoms with E-state index in [4.69, 9.17) is 0 Å². The molecule has 0 aromatic heterocycles. The Kier molecular flexibility index (Phi) is 9.02. The maximum atomic E-state index is 2.42. The van der Waals surface area contributed by atoms with Gasteiger partial charge in [0.05, 0.1) is 0 Å². The zero-order valence-corrected chi connectivity index (χ0v) is 10.5. The summed E-state index contributed by atoms with van der Waals surface area (Å²) < 4.78 is 0. The van der Waals surface area contributed by atoms with Gasteiger partial charge in [0.1, 0.15) is 0 Å². The van der Waals surface area contributed by atoms with E-state index >= 15 is 0 Å². The average Bonchev–Trinajstić information content (AvgIpc) is 1.62. The predicted octanol–water partition coefficient (Wildman–Crippen LogP) is 2.37. The second-order valence-electron chi connectivity index (χ2n) is 2.44. The topological polar surface area (TPSA) is 0 Å². The minimum Gasteiger partial charge on any atom is -0.329 e. The first-order valence-electron chi connectivity index (χ1n) is 3.63. The van der Waals surface area contributed by atoms with E-state index in [0.717, 1.165) is 0 Å². The molecule has 1 aliphatic carbocycles. The zero-order valence-electron chi connectivity index (χ0n) is 6.10. The Labute approximate surface area is 98.9 Å². The molecule has 0 amide bonds. The van der Waals surface area contributed by atoms with E-state index in [-0.39, 0.29) is 48.9 Å². The van der Waals surface area contributed by atoms with E-state index in [9.17, 15) is 0 Å². The maximum absolute atomic E-state index is 2.42. The van der Waals surface area contributed by atoms with Crippen LogP contribution in [0.5, 0.6) is 0 Å². The van der Waals surface area contributed by atoms with Crippen molar-refractivity contribution >= 4 is 48.9 Å². The molecule has 0 heterocycles. The number of hydrogen-bond donors (Lipinski definition) is 0. The number of hydrogen-bond acceptors (Lipinski definition) is 0. The van der Waals surface area contributed by atoms with Gasteiger partial charge < -0.3 is 12.8 Å². The molecule has 1 fully saturated rings. The molecule has 1 saturated carbocycles. The van der Waals surface area contributed by atoms with Crippen LogP contribution in [0.3, 0.4) is 0 Å². The van der Waals surface area contributed by atoms with Crippen LogP contribution in [0.2, 0.25) is 0 Å². The molecular weight excluding hydrogens is 233 g/mol. The molecule has 48 valence electrons. The van der Waals surface area contributed by atoms with E-state index in [1.165, 1.54) is 38.5 Å². The van der Waals surface area contributed by atoms with E-state index in [0.29, 0.717) is 0 Å². The van der Waals surface area contributed by atoms with Crippen molar-refractivity contribution in [2.75, 3.05) is 0 Å². The Morgan fingerprint density at radius 1 is 0.667 bits per heavy atom. The van der Waals surface area contributed by atoms with Crippen LogP contribution in [0.4, 0.5) is 0 Å². The summed E-state index contributed by atoms with van der Waals surface area (Å²) in [5, 5.41) is 0. The monoisotopic (exact) mass is 248 g/mol. The van der Waals surface area contributed by atoms with Crippen LogP contribution in [0.15, 0.2) is 0 Å². The summed E-state index contributed by atoms with van der Waals surface area (Å²) in [6.45, 7) is 0. The van der Waals surface area contributed by atoms with Crippen molar-refractivity contribution in [3.63, 3.8) is 0 Å². The van der Waals surface area contributed by atoms with Crippen LogP contribution in [-0.2, 0) is 0 Å². The quantitative estimate of drug-likeness (QED) is 0.455. The van der Waals surface area contributed by atoms with Crippen molar-refractivity contribution in [3.05, 3.63) is 12.8 Å². The molecule has 1 rings (SSSR count). The normalized spacial score (nSPS) is 21.3. The van der Waals surface area contributed by atoms with Crippen molar-refractivity contribution in [2.45, 2.75) is 38.5 Å². The van der Waals surface area contributed by atoms with Crippen LogP contribution in [0.25, 0.3) is 0 Å². The summed E-state index contributed by atoms with van der Waals surface area (Å²) >= 11 is 0. The molecule has 0 spiro atoms. The first kappa shape index (κ1) is 10.6. The van der Waals surface area contributed by atoms with Gasteiger partial charge >= 0.3 is 48.9 Å². The molecule has 1 heteroatoms. The summed E-state index contributed by atoms with van der Waals surface area (Å²) in [5.74, 6) is 0. The summed E-state index contributed by atoms with van der Waals surface area (Å²) in [5.41, 5.74) is 0. The fourth-order valence-corrected chi connectivity index (χ4v) is 1.10. The molecule has 9 heavy (non-hydrogen) atoms. The summed E-state index contributed by atoms with van der Waals surface area (Å²) in [6.07, 6.45) is 13.0. The van der Waals surface area contributed by atoms with Crippen molar-refractivity contribution < 1.29 is 0 Å². The molecule has 0 aromatic carbocycles. The van der Waals surface area contributed by atoms with Gasteiger partial charge in [-0.05, 0) is 0 Å². The molecule has 0 aliphatic heterocycles. The smallest absolute Gasteiger partial charge is 0.329 e. The van der Waals surface area contributed by atoms with Gasteiger partial charge in [0.25, 0.3) is 0 Å². The fraction of sp³-hybridized carbons (Fsp3) is 0.750. The summed E-state index contributed by atoms with van der Waals surface area (Å²) in [6, 6.07) is 0. The van der Waals surface area contributed by atoms with Crippen LogP contribution >= 0.6 is 0 Å². The Bertz CT molecular complexity index is 28.5. The Balaban J connectivity index is 0.000000640. The minimum atomic E-state index is 0. The predicted molar refractivity (Wildman–Crippen MR) is 42.1 cm³/mol. The Morgan fingerprint density at radius 2 is 1.00 bits per heavy atom. The average molecular weight is 248 g/mol. The fourth-order valence-electron chi connectivity index (χ4n) is 1.10. The molecule has 0 bridgehead atoms. The van der Waals surface area contributed by atoms with E-state index in [1.807, 2.05) is 0 Å². The van der Waals surface area contributed by atoms with Crippen LogP contribution in [0.1, 0.15) is 38.5 Å². The Hall–Kier alpha value is 1.57. The van der Waals surface area contributed by atoms with E-state index < -0.39 is 0 Å². The first-order valence-corrected chi connectivity index (χ1v) is 3.63. The van der Waals surface area contributed by atoms with Gasteiger partial charge in [0, 0.05) is 0 Å². The second kappa shape index (κ2) is 7.68. The maximum Gasteiger partial charge on any atom is 2.00 e. The van der Waals surface area contributed by atoms with E-state index in [2.05, 4.69) is 12.8 Å². The van der Waals surface area contributed by atoms with Gasteiger partial charge in [-0.3, -0.25) is 0 Å². The minimum absolute atomic E-state index is 0. The van der Waals surface area contributed by atoms with Gasteiger partial charge in [0.2, 0.25) is 0 Å². The molecule has 0 aromatic rings. The molecular formula is C8H14Ba.